The lowest BCUT2D eigenvalue weighted by atomic mass is 9.95. The van der Waals surface area contributed by atoms with E-state index in [-0.39, 0.29) is 22.6 Å². The van der Waals surface area contributed by atoms with E-state index in [9.17, 15) is 14.4 Å². The Bertz CT molecular complexity index is 1760. The van der Waals surface area contributed by atoms with E-state index < -0.39 is 17.6 Å². The largest absolute Gasteiger partial charge is 0.493 e. The van der Waals surface area contributed by atoms with E-state index in [4.69, 9.17) is 18.9 Å². The van der Waals surface area contributed by atoms with Crippen LogP contribution in [0.1, 0.15) is 50.8 Å². The SMILES string of the molecule is CCCCN1C(=O)/C(=c2/sc3n(c2=O)[C@H](c2cc(OC)c(OC)c(OC)c2)C(C(=O)OCC)=C(C)N=3)c2ccccc21. The van der Waals surface area contributed by atoms with Crippen LogP contribution in [0.2, 0.25) is 0 Å². The Morgan fingerprint density at radius 3 is 2.33 bits per heavy atom. The van der Waals surface area contributed by atoms with E-state index >= 15 is 0 Å². The van der Waals surface area contributed by atoms with Gasteiger partial charge in [-0.15, -0.1) is 0 Å². The van der Waals surface area contributed by atoms with Gasteiger partial charge in [0, 0.05) is 12.1 Å². The number of fused-ring (bicyclic) bond motifs is 2. The van der Waals surface area contributed by atoms with Crippen LogP contribution in [-0.2, 0) is 14.3 Å². The van der Waals surface area contributed by atoms with Gasteiger partial charge in [0.05, 0.1) is 56.5 Å². The number of aromatic nitrogens is 1. The maximum Gasteiger partial charge on any atom is 0.338 e. The van der Waals surface area contributed by atoms with Crippen molar-refractivity contribution in [3.05, 3.63) is 78.5 Å². The predicted molar refractivity (Wildman–Crippen MR) is 159 cm³/mol. The van der Waals surface area contributed by atoms with Crippen LogP contribution in [0.15, 0.2) is 57.5 Å². The summed E-state index contributed by atoms with van der Waals surface area (Å²) in [6.07, 6.45) is 1.76. The number of thiazole rings is 1. The van der Waals surface area contributed by atoms with E-state index in [2.05, 4.69) is 11.9 Å². The topological polar surface area (TPSA) is 109 Å². The van der Waals surface area contributed by atoms with Crippen LogP contribution in [0, 0.1) is 0 Å². The standard InChI is InChI=1S/C31H33N3O7S/c1-7-9-14-33-20-13-11-10-12-19(20)24(28(33)35)27-29(36)34-25(18-15-21(38-4)26(40-6)22(16-18)39-5)23(30(37)41-8-2)17(3)32-31(34)42-27/h10-13,15-16,25H,7-9,14H2,1-6H3/b27-24+/t25-/m1/s1. The van der Waals surface area contributed by atoms with E-state index in [0.717, 1.165) is 29.9 Å². The second-order valence-electron chi connectivity index (χ2n) is 9.78. The van der Waals surface area contributed by atoms with E-state index in [1.54, 1.807) is 30.9 Å². The number of esters is 1. The molecule has 3 aromatic rings. The lowest BCUT2D eigenvalue weighted by molar-refractivity contribution is -0.139. The summed E-state index contributed by atoms with van der Waals surface area (Å²) >= 11 is 1.14. The van der Waals surface area contributed by atoms with Crippen molar-refractivity contribution in [2.24, 2.45) is 4.99 Å². The molecule has 1 aromatic heterocycles. The fraction of sp³-hybridized carbons (Fsp3) is 0.355. The molecule has 220 valence electrons. The predicted octanol–water partition coefficient (Wildman–Crippen LogP) is 3.34. The first-order valence-corrected chi connectivity index (χ1v) is 14.6. The highest BCUT2D eigenvalue weighted by molar-refractivity contribution is 7.07. The number of amides is 1. The molecule has 0 saturated carbocycles. The number of unbranched alkanes of at least 4 members (excludes halogenated alkanes) is 1. The Hall–Kier alpha value is -4.38. The number of nitrogens with zero attached hydrogens (tertiary/aromatic N) is 3. The minimum atomic E-state index is -0.925. The van der Waals surface area contributed by atoms with Crippen LogP contribution < -0.4 is 34.0 Å². The quantitative estimate of drug-likeness (QED) is 0.351. The summed E-state index contributed by atoms with van der Waals surface area (Å²) in [6, 6.07) is 9.97. The number of rotatable bonds is 9. The Morgan fingerprint density at radius 1 is 1.02 bits per heavy atom. The lowest BCUT2D eigenvalue weighted by Crippen LogP contribution is -2.41. The van der Waals surface area contributed by atoms with E-state index in [1.165, 1.54) is 25.9 Å². The Balaban J connectivity index is 1.82. The molecule has 0 radical (unpaired) electrons. The van der Waals surface area contributed by atoms with Gasteiger partial charge in [0.25, 0.3) is 11.5 Å². The minimum Gasteiger partial charge on any atom is -0.493 e. The summed E-state index contributed by atoms with van der Waals surface area (Å²) in [7, 11) is 4.49. The second-order valence-corrected chi connectivity index (χ2v) is 10.8. The third-order valence-corrected chi connectivity index (χ3v) is 8.43. The zero-order chi connectivity index (χ0) is 30.1. The maximum absolute atomic E-state index is 14.4. The van der Waals surface area contributed by atoms with Gasteiger partial charge >= 0.3 is 5.97 Å². The van der Waals surface area contributed by atoms with Gasteiger partial charge < -0.3 is 23.8 Å². The summed E-state index contributed by atoms with van der Waals surface area (Å²) < 4.78 is 23.8. The fourth-order valence-electron chi connectivity index (χ4n) is 5.45. The molecule has 2 aromatic carbocycles. The van der Waals surface area contributed by atoms with Gasteiger partial charge in [-0.1, -0.05) is 42.9 Å². The summed E-state index contributed by atoms with van der Waals surface area (Å²) in [6.45, 7) is 6.18. The molecular formula is C31H33N3O7S. The molecule has 2 aliphatic rings. The zero-order valence-corrected chi connectivity index (χ0v) is 25.3. The molecule has 11 heteroatoms. The first kappa shape index (κ1) is 29.1. The van der Waals surface area contributed by atoms with Crippen LogP contribution in [0.4, 0.5) is 5.69 Å². The number of allylic oxidation sites excluding steroid dienone is 1. The number of benzene rings is 2. The van der Waals surface area contributed by atoms with Gasteiger partial charge in [-0.2, -0.15) is 0 Å². The van der Waals surface area contributed by atoms with Crippen molar-refractivity contribution >= 4 is 34.5 Å². The van der Waals surface area contributed by atoms with Gasteiger partial charge in [0.2, 0.25) is 5.75 Å². The van der Waals surface area contributed by atoms with Crippen LogP contribution in [0.25, 0.3) is 5.57 Å². The van der Waals surface area contributed by atoms with Gasteiger partial charge in [0.1, 0.15) is 4.53 Å². The molecule has 0 aliphatic carbocycles. The molecule has 0 fully saturated rings. The first-order valence-electron chi connectivity index (χ1n) is 13.7. The van der Waals surface area contributed by atoms with Crippen molar-refractivity contribution in [2.45, 2.75) is 39.7 Å². The molecule has 2 aliphatic heterocycles. The highest BCUT2D eigenvalue weighted by Crippen LogP contribution is 2.42. The van der Waals surface area contributed by atoms with Crippen molar-refractivity contribution in [1.82, 2.24) is 4.57 Å². The van der Waals surface area contributed by atoms with Crippen LogP contribution in [0.5, 0.6) is 17.2 Å². The van der Waals surface area contributed by atoms with Crippen molar-refractivity contribution < 1.29 is 28.5 Å². The van der Waals surface area contributed by atoms with Crippen LogP contribution in [-0.4, -0.2) is 50.9 Å². The molecule has 42 heavy (non-hydrogen) atoms. The average Bonchev–Trinajstić information content (AvgIpc) is 3.46. The Labute approximate surface area is 247 Å². The fourth-order valence-corrected chi connectivity index (χ4v) is 6.59. The number of ether oxygens (including phenoxy) is 4. The molecule has 0 bridgehead atoms. The van der Waals surface area contributed by atoms with Crippen molar-refractivity contribution in [1.29, 1.82) is 0 Å². The van der Waals surface area contributed by atoms with E-state index in [1.807, 2.05) is 24.3 Å². The maximum atomic E-state index is 14.4. The highest BCUT2D eigenvalue weighted by atomic mass is 32.1. The van der Waals surface area contributed by atoms with Gasteiger partial charge in [0.15, 0.2) is 16.3 Å². The zero-order valence-electron chi connectivity index (χ0n) is 24.5. The number of hydrogen-bond acceptors (Lipinski definition) is 9. The number of anilines is 1. The smallest absolute Gasteiger partial charge is 0.338 e. The summed E-state index contributed by atoms with van der Waals surface area (Å²) in [5.41, 5.74) is 2.54. The number of carbonyl (C=O) groups is 2. The molecule has 0 spiro atoms. The van der Waals surface area contributed by atoms with Crippen molar-refractivity contribution in [3.8, 4) is 17.2 Å². The molecule has 1 atom stereocenters. The summed E-state index contributed by atoms with van der Waals surface area (Å²) in [4.78, 5) is 48.3. The molecule has 0 unspecified atom stereocenters. The summed E-state index contributed by atoms with van der Waals surface area (Å²) in [5, 5.41) is 0. The minimum absolute atomic E-state index is 0.144. The third-order valence-electron chi connectivity index (χ3n) is 7.38. The van der Waals surface area contributed by atoms with E-state index in [0.29, 0.717) is 51.0 Å². The molecule has 3 heterocycles. The number of carbonyl (C=O) groups excluding carboxylic acids is 2. The Morgan fingerprint density at radius 2 is 1.71 bits per heavy atom. The summed E-state index contributed by atoms with van der Waals surface area (Å²) in [5.74, 6) is 0.281. The lowest BCUT2D eigenvalue weighted by Gasteiger charge is -2.26. The van der Waals surface area contributed by atoms with Gasteiger partial charge in [-0.05, 0) is 44.0 Å². The number of para-hydroxylation sites is 1. The molecule has 10 nitrogen and oxygen atoms in total. The van der Waals surface area contributed by atoms with Crippen LogP contribution >= 0.6 is 11.3 Å². The highest BCUT2D eigenvalue weighted by Gasteiger charge is 2.38. The normalized spacial score (nSPS) is 17.0. The molecule has 5 rings (SSSR count). The second kappa shape index (κ2) is 11.8. The molecule has 1 amide bonds. The Kier molecular flexibility index (Phi) is 8.22. The molecule has 0 N–H and O–H groups in total. The van der Waals surface area contributed by atoms with Gasteiger partial charge in [-0.3, -0.25) is 14.2 Å². The number of methoxy groups -OCH3 is 3. The molecule has 0 saturated heterocycles. The third kappa shape index (κ3) is 4.67. The average molecular weight is 592 g/mol. The van der Waals surface area contributed by atoms with Crippen molar-refractivity contribution in [2.75, 3.05) is 39.4 Å². The number of hydrogen-bond donors (Lipinski definition) is 0. The first-order chi connectivity index (χ1) is 20.3. The monoisotopic (exact) mass is 591 g/mol. The van der Waals surface area contributed by atoms with Crippen LogP contribution in [0.3, 0.4) is 0 Å². The molecular weight excluding hydrogens is 558 g/mol. The van der Waals surface area contributed by atoms with Crippen molar-refractivity contribution in [3.63, 3.8) is 0 Å². The van der Waals surface area contributed by atoms with Gasteiger partial charge in [-0.25, -0.2) is 9.79 Å².